The van der Waals surface area contributed by atoms with E-state index in [1.54, 1.807) is 26.0 Å². The van der Waals surface area contributed by atoms with Crippen molar-refractivity contribution in [2.24, 2.45) is 17.8 Å². The fourth-order valence-corrected chi connectivity index (χ4v) is 3.91. The van der Waals surface area contributed by atoms with Crippen molar-refractivity contribution < 1.29 is 38.6 Å². The van der Waals surface area contributed by atoms with Crippen LogP contribution in [0.3, 0.4) is 0 Å². The molecule has 234 valence electrons. The lowest BCUT2D eigenvalue weighted by atomic mass is 9.92. The average Bonchev–Trinajstić information content (AvgIpc) is 2.90. The number of carbonyl (C=O) groups is 6. The maximum atomic E-state index is 13.0. The second-order valence-corrected chi connectivity index (χ2v) is 10.9. The second-order valence-electron chi connectivity index (χ2n) is 10.9. The summed E-state index contributed by atoms with van der Waals surface area (Å²) in [6.07, 6.45) is -0.135. The van der Waals surface area contributed by atoms with Gasteiger partial charge >= 0.3 is 11.9 Å². The molecule has 0 heterocycles. The Morgan fingerprint density at radius 3 is 2.10 bits per heavy atom. The van der Waals surface area contributed by atoms with Crippen molar-refractivity contribution in [3.05, 3.63) is 29.3 Å². The predicted octanol–water partition coefficient (Wildman–Crippen LogP) is 1.42. The molecule has 1 aromatic rings. The SMILES string of the molecule is CC(=O)OCc1ccc(NC(=O)CNC(=O)C(NC(C)C)C(C)C)cc1C(=O)NCCNC(=O)C(C)C(C)CC(=O)O. The van der Waals surface area contributed by atoms with E-state index in [4.69, 9.17) is 9.84 Å². The summed E-state index contributed by atoms with van der Waals surface area (Å²) in [5, 5.41) is 22.7. The van der Waals surface area contributed by atoms with Gasteiger partial charge in [-0.2, -0.15) is 0 Å². The zero-order valence-electron chi connectivity index (χ0n) is 25.5. The molecule has 13 nitrogen and oxygen atoms in total. The second kappa shape index (κ2) is 17.7. The summed E-state index contributed by atoms with van der Waals surface area (Å²) in [6.45, 7) is 11.9. The number of anilines is 1. The quantitative estimate of drug-likeness (QED) is 0.115. The highest BCUT2D eigenvalue weighted by molar-refractivity contribution is 5.99. The predicted molar refractivity (Wildman–Crippen MR) is 156 cm³/mol. The van der Waals surface area contributed by atoms with E-state index in [0.717, 1.165) is 0 Å². The number of nitrogens with one attached hydrogen (secondary N) is 5. The van der Waals surface area contributed by atoms with E-state index in [1.165, 1.54) is 13.0 Å². The molecule has 0 bridgehead atoms. The summed E-state index contributed by atoms with van der Waals surface area (Å²) < 4.78 is 5.05. The van der Waals surface area contributed by atoms with E-state index in [9.17, 15) is 28.8 Å². The molecule has 6 N–H and O–H groups in total. The molecule has 0 aliphatic heterocycles. The Morgan fingerprint density at radius 1 is 0.881 bits per heavy atom. The van der Waals surface area contributed by atoms with Gasteiger partial charge in [0.25, 0.3) is 5.91 Å². The lowest BCUT2D eigenvalue weighted by molar-refractivity contribution is -0.142. The van der Waals surface area contributed by atoms with Gasteiger partial charge in [-0.05, 0) is 24.0 Å². The molecule has 3 unspecified atom stereocenters. The normalized spacial score (nSPS) is 13.1. The highest BCUT2D eigenvalue weighted by Crippen LogP contribution is 2.18. The van der Waals surface area contributed by atoms with Crippen LogP contribution in [0.2, 0.25) is 0 Å². The number of amides is 4. The molecule has 0 saturated heterocycles. The fourth-order valence-electron chi connectivity index (χ4n) is 3.91. The molecule has 0 aromatic heterocycles. The Morgan fingerprint density at radius 2 is 1.52 bits per heavy atom. The highest BCUT2D eigenvalue weighted by Gasteiger charge is 2.24. The van der Waals surface area contributed by atoms with Gasteiger partial charge in [-0.3, -0.25) is 28.8 Å². The summed E-state index contributed by atoms with van der Waals surface area (Å²) in [4.78, 5) is 72.7. The maximum absolute atomic E-state index is 13.0. The first-order valence-corrected chi connectivity index (χ1v) is 14.0. The first-order valence-electron chi connectivity index (χ1n) is 14.0. The summed E-state index contributed by atoms with van der Waals surface area (Å²) in [6, 6.07) is 4.14. The Bertz CT molecular complexity index is 1120. The maximum Gasteiger partial charge on any atom is 0.303 e. The minimum absolute atomic E-state index is 0.0125. The molecule has 42 heavy (non-hydrogen) atoms. The van der Waals surface area contributed by atoms with Gasteiger partial charge in [-0.25, -0.2) is 0 Å². The van der Waals surface area contributed by atoms with Crippen LogP contribution >= 0.6 is 0 Å². The van der Waals surface area contributed by atoms with Crippen molar-refractivity contribution in [2.45, 2.75) is 73.6 Å². The van der Waals surface area contributed by atoms with Crippen LogP contribution in [0.4, 0.5) is 5.69 Å². The Balaban J connectivity index is 2.83. The summed E-state index contributed by atoms with van der Waals surface area (Å²) in [7, 11) is 0. The molecule has 0 saturated carbocycles. The summed E-state index contributed by atoms with van der Waals surface area (Å²) in [5.41, 5.74) is 0.837. The summed E-state index contributed by atoms with van der Waals surface area (Å²) >= 11 is 0. The molecule has 0 radical (unpaired) electrons. The molecule has 0 aliphatic carbocycles. The Labute approximate surface area is 246 Å². The van der Waals surface area contributed by atoms with E-state index in [0.29, 0.717) is 11.3 Å². The smallest absolute Gasteiger partial charge is 0.303 e. The Kier molecular flexibility index (Phi) is 15.2. The topological polar surface area (TPSA) is 192 Å². The average molecular weight is 592 g/mol. The van der Waals surface area contributed by atoms with Crippen molar-refractivity contribution in [3.8, 4) is 0 Å². The van der Waals surface area contributed by atoms with Crippen LogP contribution in [0.25, 0.3) is 0 Å². The number of rotatable bonds is 17. The van der Waals surface area contributed by atoms with Crippen LogP contribution in [0.1, 0.15) is 70.8 Å². The van der Waals surface area contributed by atoms with Gasteiger partial charge in [0.2, 0.25) is 17.7 Å². The third-order valence-electron chi connectivity index (χ3n) is 6.43. The highest BCUT2D eigenvalue weighted by atomic mass is 16.5. The number of aliphatic carboxylic acids is 1. The molecule has 0 fully saturated rings. The number of carbonyl (C=O) groups excluding carboxylic acids is 5. The lowest BCUT2D eigenvalue weighted by Gasteiger charge is -2.23. The lowest BCUT2D eigenvalue weighted by Crippen LogP contribution is -2.51. The first-order chi connectivity index (χ1) is 19.6. The van der Waals surface area contributed by atoms with Gasteiger partial charge in [0.05, 0.1) is 12.6 Å². The number of hydrogen-bond donors (Lipinski definition) is 6. The minimum atomic E-state index is -0.985. The van der Waals surface area contributed by atoms with Gasteiger partial charge in [0, 0.05) is 55.2 Å². The first kappa shape index (κ1) is 36.0. The third kappa shape index (κ3) is 13.1. The van der Waals surface area contributed by atoms with Crippen LogP contribution in [0, 0.1) is 17.8 Å². The zero-order valence-corrected chi connectivity index (χ0v) is 25.5. The molecule has 1 rings (SSSR count). The van der Waals surface area contributed by atoms with Gasteiger partial charge < -0.3 is 36.4 Å². The summed E-state index contributed by atoms with van der Waals surface area (Å²) in [5.74, 6) is -4.05. The molecule has 1 aromatic carbocycles. The number of ether oxygens (including phenoxy) is 1. The van der Waals surface area contributed by atoms with E-state index in [1.807, 2.05) is 27.7 Å². The molecule has 0 spiro atoms. The molecule has 4 amide bonds. The number of benzene rings is 1. The van der Waals surface area contributed by atoms with Gasteiger partial charge in [-0.15, -0.1) is 0 Å². The van der Waals surface area contributed by atoms with Gasteiger partial charge in [-0.1, -0.05) is 47.6 Å². The van der Waals surface area contributed by atoms with Crippen molar-refractivity contribution in [3.63, 3.8) is 0 Å². The standard InChI is InChI=1S/C29H45N5O8/c1-16(2)26(33-17(3)4)29(41)32-14-24(36)34-22-9-8-21(15-42-20(7)35)23(13-22)28(40)31-11-10-30-27(39)19(6)18(5)12-25(37)38/h8-9,13,16-19,26,33H,10-12,14-15H2,1-7H3,(H,30,39)(H,31,40)(H,32,41)(H,34,36)(H,37,38). The van der Waals surface area contributed by atoms with Crippen molar-refractivity contribution in [1.29, 1.82) is 0 Å². The number of hydrogen-bond acceptors (Lipinski definition) is 8. The zero-order chi connectivity index (χ0) is 32.0. The number of esters is 1. The van der Waals surface area contributed by atoms with Crippen LogP contribution in [-0.4, -0.2) is 72.4 Å². The molecule has 13 heteroatoms. The molecular weight excluding hydrogens is 546 g/mol. The van der Waals surface area contributed by atoms with Crippen LogP contribution in [0.5, 0.6) is 0 Å². The van der Waals surface area contributed by atoms with Gasteiger partial charge in [0.1, 0.15) is 6.61 Å². The van der Waals surface area contributed by atoms with E-state index < -0.39 is 35.7 Å². The largest absolute Gasteiger partial charge is 0.481 e. The van der Waals surface area contributed by atoms with Crippen LogP contribution in [-0.2, 0) is 35.3 Å². The van der Waals surface area contributed by atoms with Crippen molar-refractivity contribution in [2.75, 3.05) is 25.0 Å². The van der Waals surface area contributed by atoms with Crippen molar-refractivity contribution in [1.82, 2.24) is 21.3 Å². The molecular formula is C29H45N5O8. The van der Waals surface area contributed by atoms with Crippen LogP contribution < -0.4 is 26.6 Å². The van der Waals surface area contributed by atoms with Gasteiger partial charge in [0.15, 0.2) is 0 Å². The minimum Gasteiger partial charge on any atom is -0.481 e. The number of carboxylic acids is 1. The number of carboxylic acid groups (broad SMARTS) is 1. The van der Waals surface area contributed by atoms with Crippen molar-refractivity contribution >= 4 is 41.3 Å². The molecule has 0 aliphatic rings. The third-order valence-corrected chi connectivity index (χ3v) is 6.43. The fraction of sp³-hybridized carbons (Fsp3) is 0.586. The Hall–Kier alpha value is -4.00. The van der Waals surface area contributed by atoms with E-state index in [-0.39, 0.29) is 67.9 Å². The molecule has 3 atom stereocenters. The van der Waals surface area contributed by atoms with Crippen LogP contribution in [0.15, 0.2) is 18.2 Å². The van der Waals surface area contributed by atoms with E-state index in [2.05, 4.69) is 26.6 Å². The van der Waals surface area contributed by atoms with E-state index >= 15 is 0 Å². The monoisotopic (exact) mass is 591 g/mol.